The molecule has 0 saturated carbocycles. The second kappa shape index (κ2) is 9.73. The number of nitrogens with one attached hydrogen (secondary N) is 1. The minimum Gasteiger partial charge on any atom is -0.355 e. The fraction of sp³-hybridized carbons (Fsp3) is 0.526. The summed E-state index contributed by atoms with van der Waals surface area (Å²) in [5.41, 5.74) is 1.22. The highest BCUT2D eigenvalue weighted by Gasteiger charge is 2.19. The number of aromatic nitrogens is 3. The zero-order valence-electron chi connectivity index (χ0n) is 15.4. The van der Waals surface area contributed by atoms with Crippen molar-refractivity contribution in [2.75, 3.05) is 25.4 Å². The Morgan fingerprint density at radius 2 is 1.92 bits per heavy atom. The van der Waals surface area contributed by atoms with Crippen LogP contribution in [0.3, 0.4) is 0 Å². The molecule has 1 aromatic heterocycles. The third kappa shape index (κ3) is 5.32. The van der Waals surface area contributed by atoms with E-state index in [2.05, 4.69) is 44.0 Å². The Hall–Kier alpha value is -1.86. The lowest BCUT2D eigenvalue weighted by Gasteiger charge is -2.16. The molecule has 0 unspecified atom stereocenters. The molecular weight excluding hydrogens is 346 g/mol. The largest absolute Gasteiger partial charge is 0.355 e. The van der Waals surface area contributed by atoms with Gasteiger partial charge in [0.1, 0.15) is 5.82 Å². The standard InChI is InChI=1S/C19H27N5OS/c1-2-10-20-18(25)15-26-19-22-21-17(14-23-11-6-7-12-23)24(19)13-16-8-4-3-5-9-16/h3-5,8-9H,2,6-7,10-15H2,1H3,(H,20,25). The van der Waals surface area contributed by atoms with Crippen molar-refractivity contribution in [3.63, 3.8) is 0 Å². The van der Waals surface area contributed by atoms with Crippen molar-refractivity contribution in [3.8, 4) is 0 Å². The molecular formula is C19H27N5OS. The van der Waals surface area contributed by atoms with Crippen molar-refractivity contribution in [3.05, 3.63) is 41.7 Å². The Morgan fingerprint density at radius 3 is 2.65 bits per heavy atom. The van der Waals surface area contributed by atoms with E-state index in [0.717, 1.165) is 50.1 Å². The molecule has 0 atom stereocenters. The molecule has 0 bridgehead atoms. The summed E-state index contributed by atoms with van der Waals surface area (Å²) in [6.07, 6.45) is 3.46. The molecule has 3 rings (SSSR count). The molecule has 0 spiro atoms. The zero-order valence-corrected chi connectivity index (χ0v) is 16.2. The van der Waals surface area contributed by atoms with Gasteiger partial charge in [0.25, 0.3) is 0 Å². The van der Waals surface area contributed by atoms with Gasteiger partial charge in [-0.2, -0.15) is 0 Å². The minimum atomic E-state index is 0.0483. The van der Waals surface area contributed by atoms with Gasteiger partial charge in [-0.1, -0.05) is 49.0 Å². The van der Waals surface area contributed by atoms with Crippen molar-refractivity contribution in [2.24, 2.45) is 0 Å². The highest BCUT2D eigenvalue weighted by Crippen LogP contribution is 2.20. The Kier molecular flexibility index (Phi) is 7.08. The lowest BCUT2D eigenvalue weighted by Crippen LogP contribution is -2.26. The van der Waals surface area contributed by atoms with Gasteiger partial charge in [0, 0.05) is 6.54 Å². The van der Waals surface area contributed by atoms with Gasteiger partial charge < -0.3 is 9.88 Å². The summed E-state index contributed by atoms with van der Waals surface area (Å²) in [5.74, 6) is 1.40. The maximum Gasteiger partial charge on any atom is 0.230 e. The monoisotopic (exact) mass is 373 g/mol. The predicted molar refractivity (Wildman–Crippen MR) is 104 cm³/mol. The normalized spacial score (nSPS) is 14.7. The van der Waals surface area contributed by atoms with Crippen LogP contribution in [0.1, 0.15) is 37.6 Å². The van der Waals surface area contributed by atoms with Crippen molar-refractivity contribution in [1.82, 2.24) is 25.0 Å². The number of benzene rings is 1. The van der Waals surface area contributed by atoms with Crippen LogP contribution in [0, 0.1) is 0 Å². The van der Waals surface area contributed by atoms with Gasteiger partial charge >= 0.3 is 0 Å². The van der Waals surface area contributed by atoms with E-state index in [0.29, 0.717) is 5.75 Å². The number of nitrogens with zero attached hydrogens (tertiary/aromatic N) is 4. The average molecular weight is 374 g/mol. The van der Waals surface area contributed by atoms with Gasteiger partial charge in [0.15, 0.2) is 5.16 Å². The van der Waals surface area contributed by atoms with E-state index in [1.807, 2.05) is 18.2 Å². The minimum absolute atomic E-state index is 0.0483. The molecule has 1 aromatic carbocycles. The van der Waals surface area contributed by atoms with E-state index in [1.165, 1.54) is 30.2 Å². The molecule has 140 valence electrons. The third-order valence-electron chi connectivity index (χ3n) is 4.45. The first-order chi connectivity index (χ1) is 12.8. The van der Waals surface area contributed by atoms with Gasteiger partial charge in [-0.3, -0.25) is 9.69 Å². The summed E-state index contributed by atoms with van der Waals surface area (Å²) in [6.45, 7) is 6.57. The van der Waals surface area contributed by atoms with Crippen LogP contribution in [0.4, 0.5) is 0 Å². The topological polar surface area (TPSA) is 63.1 Å². The summed E-state index contributed by atoms with van der Waals surface area (Å²) in [4.78, 5) is 14.4. The number of hydrogen-bond acceptors (Lipinski definition) is 5. The predicted octanol–water partition coefficient (Wildman–Crippen LogP) is 2.54. The Morgan fingerprint density at radius 1 is 1.15 bits per heavy atom. The molecule has 2 aromatic rings. The number of rotatable bonds is 9. The second-order valence-electron chi connectivity index (χ2n) is 6.59. The summed E-state index contributed by atoms with van der Waals surface area (Å²) in [6, 6.07) is 10.3. The quantitative estimate of drug-likeness (QED) is 0.685. The van der Waals surface area contributed by atoms with Crippen LogP contribution >= 0.6 is 11.8 Å². The first-order valence-corrected chi connectivity index (χ1v) is 10.3. The van der Waals surface area contributed by atoms with E-state index in [-0.39, 0.29) is 5.91 Å². The van der Waals surface area contributed by atoms with Crippen LogP contribution in [-0.4, -0.2) is 51.0 Å². The SMILES string of the molecule is CCCNC(=O)CSc1nnc(CN2CCCC2)n1Cc1ccccc1. The molecule has 2 heterocycles. The van der Waals surface area contributed by atoms with Crippen LogP contribution < -0.4 is 5.32 Å². The van der Waals surface area contributed by atoms with E-state index >= 15 is 0 Å². The van der Waals surface area contributed by atoms with Crippen LogP contribution in [0.15, 0.2) is 35.5 Å². The van der Waals surface area contributed by atoms with Crippen molar-refractivity contribution in [2.45, 2.75) is 44.4 Å². The van der Waals surface area contributed by atoms with Crippen LogP contribution in [0.2, 0.25) is 0 Å². The molecule has 0 radical (unpaired) electrons. The van der Waals surface area contributed by atoms with E-state index in [4.69, 9.17) is 0 Å². The first-order valence-electron chi connectivity index (χ1n) is 9.34. The number of carbonyl (C=O) groups excluding carboxylic acids is 1. The number of likely N-dealkylation sites (tertiary alicyclic amines) is 1. The molecule has 26 heavy (non-hydrogen) atoms. The Labute approximate surface area is 159 Å². The molecule has 1 N–H and O–H groups in total. The molecule has 1 saturated heterocycles. The smallest absolute Gasteiger partial charge is 0.230 e. The first kappa shape index (κ1) is 18.9. The Bertz CT molecular complexity index is 697. The molecule has 1 aliphatic rings. The summed E-state index contributed by atoms with van der Waals surface area (Å²) in [5, 5.41) is 12.5. The fourth-order valence-corrected chi connectivity index (χ4v) is 3.84. The van der Waals surface area contributed by atoms with Crippen LogP contribution in [-0.2, 0) is 17.9 Å². The zero-order chi connectivity index (χ0) is 18.2. The molecule has 1 fully saturated rings. The summed E-state index contributed by atoms with van der Waals surface area (Å²) < 4.78 is 2.16. The molecule has 1 aliphatic heterocycles. The average Bonchev–Trinajstić information content (AvgIpc) is 3.30. The van der Waals surface area contributed by atoms with Crippen LogP contribution in [0.5, 0.6) is 0 Å². The highest BCUT2D eigenvalue weighted by molar-refractivity contribution is 7.99. The molecule has 6 nitrogen and oxygen atoms in total. The maximum absolute atomic E-state index is 11.9. The molecule has 0 aliphatic carbocycles. The van der Waals surface area contributed by atoms with Crippen molar-refractivity contribution in [1.29, 1.82) is 0 Å². The summed E-state index contributed by atoms with van der Waals surface area (Å²) in [7, 11) is 0. The Balaban J connectivity index is 1.72. The summed E-state index contributed by atoms with van der Waals surface area (Å²) >= 11 is 1.46. The van der Waals surface area contributed by atoms with Gasteiger partial charge in [0.05, 0.1) is 18.8 Å². The number of hydrogen-bond donors (Lipinski definition) is 1. The third-order valence-corrected chi connectivity index (χ3v) is 5.41. The lowest BCUT2D eigenvalue weighted by molar-refractivity contribution is -0.118. The number of carbonyl (C=O) groups is 1. The van der Waals surface area contributed by atoms with Crippen molar-refractivity contribution >= 4 is 17.7 Å². The van der Waals surface area contributed by atoms with Gasteiger partial charge in [0.2, 0.25) is 5.91 Å². The molecule has 7 heteroatoms. The van der Waals surface area contributed by atoms with Gasteiger partial charge in [-0.25, -0.2) is 0 Å². The van der Waals surface area contributed by atoms with Crippen molar-refractivity contribution < 1.29 is 4.79 Å². The maximum atomic E-state index is 11.9. The van der Waals surface area contributed by atoms with E-state index in [9.17, 15) is 4.79 Å². The van der Waals surface area contributed by atoms with E-state index in [1.54, 1.807) is 0 Å². The number of thioether (sulfide) groups is 1. The molecule has 1 amide bonds. The van der Waals surface area contributed by atoms with Crippen LogP contribution in [0.25, 0.3) is 0 Å². The number of amides is 1. The van der Waals surface area contributed by atoms with E-state index < -0.39 is 0 Å². The van der Waals surface area contributed by atoms with Gasteiger partial charge in [-0.05, 0) is 37.9 Å². The highest BCUT2D eigenvalue weighted by atomic mass is 32.2. The lowest BCUT2D eigenvalue weighted by atomic mass is 10.2. The van der Waals surface area contributed by atoms with Gasteiger partial charge in [-0.15, -0.1) is 10.2 Å². The fourth-order valence-electron chi connectivity index (χ4n) is 3.05. The second-order valence-corrected chi connectivity index (χ2v) is 7.53.